The molecule has 0 N–H and O–H groups in total. The van der Waals surface area contributed by atoms with Crippen molar-refractivity contribution in [3.05, 3.63) is 0 Å². The third-order valence-corrected chi connectivity index (χ3v) is 11.3. The first-order valence-corrected chi connectivity index (χ1v) is 19.7. The molecule has 10 heteroatoms. The van der Waals surface area contributed by atoms with Crippen molar-refractivity contribution >= 4 is 39.0 Å². The molecule has 0 aliphatic rings. The van der Waals surface area contributed by atoms with Crippen LogP contribution in [0, 0.1) is 0 Å². The zero-order valence-electron chi connectivity index (χ0n) is 19.9. The number of rotatable bonds is 24. The van der Waals surface area contributed by atoms with Crippen molar-refractivity contribution in [2.24, 2.45) is 0 Å². The maximum absolute atomic E-state index is 11.4. The molecule has 0 aromatic heterocycles. The second kappa shape index (κ2) is 25.4. The summed E-state index contributed by atoms with van der Waals surface area (Å²) in [5, 5.41) is 0. The van der Waals surface area contributed by atoms with Gasteiger partial charge in [-0.25, -0.2) is 0 Å². The van der Waals surface area contributed by atoms with Gasteiger partial charge in [0.15, 0.2) is 0 Å². The molecular formula is C22H42O8SSn. The molecule has 0 aliphatic carbocycles. The number of unbranched alkanes of at least 4 members (excludes halogenated alkanes) is 2. The summed E-state index contributed by atoms with van der Waals surface area (Å²) in [5.41, 5.74) is 0. The minimum atomic E-state index is -1.82. The summed E-state index contributed by atoms with van der Waals surface area (Å²) in [6.07, 6.45) is 4.38. The second-order valence-electron chi connectivity index (χ2n) is 7.14. The first kappa shape index (κ1) is 31.8. The van der Waals surface area contributed by atoms with Gasteiger partial charge in [0.05, 0.1) is 0 Å². The molecule has 0 bridgehead atoms. The van der Waals surface area contributed by atoms with Crippen LogP contribution in [0.1, 0.15) is 52.4 Å². The van der Waals surface area contributed by atoms with Gasteiger partial charge in [-0.3, -0.25) is 0 Å². The fraction of sp³-hybridized carbons (Fsp3) is 0.909. The molecule has 0 unspecified atom stereocenters. The Morgan fingerprint density at radius 2 is 0.969 bits per heavy atom. The molecule has 0 saturated heterocycles. The quantitative estimate of drug-likeness (QED) is 0.0956. The van der Waals surface area contributed by atoms with E-state index in [0.717, 1.165) is 34.6 Å². The molecule has 0 saturated carbocycles. The summed E-state index contributed by atoms with van der Waals surface area (Å²) in [5.74, 6) is -0.420. The summed E-state index contributed by atoms with van der Waals surface area (Å²) in [6.45, 7) is 9.10. The van der Waals surface area contributed by atoms with E-state index >= 15 is 0 Å². The van der Waals surface area contributed by atoms with E-state index in [2.05, 4.69) is 13.8 Å². The molecule has 0 aromatic rings. The molecule has 32 heavy (non-hydrogen) atoms. The molecule has 0 aliphatic heterocycles. The van der Waals surface area contributed by atoms with Crippen LogP contribution in [0.2, 0.25) is 8.87 Å². The average Bonchev–Trinajstić information content (AvgIpc) is 2.77. The van der Waals surface area contributed by atoms with Crippen molar-refractivity contribution in [1.29, 1.82) is 0 Å². The second-order valence-corrected chi connectivity index (χ2v) is 16.9. The van der Waals surface area contributed by atoms with E-state index in [1.807, 2.05) is 0 Å². The van der Waals surface area contributed by atoms with Gasteiger partial charge >= 0.3 is 178 Å². The minimum absolute atomic E-state index is 0.210. The molecule has 0 radical (unpaired) electrons. The third kappa shape index (κ3) is 24.4. The standard InChI is InChI=1S/2C11H21O4.S.Sn/c2*1-3-5-7-15-11(12)6-8-14-10-9-13-4-2;;/h2*2-10H2,1H3;;. The normalized spacial score (nSPS) is 10.8. The van der Waals surface area contributed by atoms with Gasteiger partial charge in [0.2, 0.25) is 0 Å². The van der Waals surface area contributed by atoms with Crippen molar-refractivity contribution in [3.63, 3.8) is 0 Å². The molecule has 0 atom stereocenters. The Hall–Kier alpha value is -0.201. The summed E-state index contributed by atoms with van der Waals surface area (Å²) in [6, 6.07) is 0. The Morgan fingerprint density at radius 1 is 0.594 bits per heavy atom. The topological polar surface area (TPSA) is 89.5 Å². The summed E-state index contributed by atoms with van der Waals surface area (Å²) in [4.78, 5) is 22.8. The number of ether oxygens (including phenoxy) is 6. The van der Waals surface area contributed by atoms with E-state index < -0.39 is 17.8 Å². The van der Waals surface area contributed by atoms with E-state index in [-0.39, 0.29) is 24.8 Å². The van der Waals surface area contributed by atoms with E-state index in [9.17, 15) is 9.59 Å². The van der Waals surface area contributed by atoms with Crippen LogP contribution < -0.4 is 0 Å². The smallest absolute Gasteiger partial charge is 0.0653 e. The molecule has 0 fully saturated rings. The summed E-state index contributed by atoms with van der Waals surface area (Å²) < 4.78 is 33.9. The zero-order valence-corrected chi connectivity index (χ0v) is 23.6. The Bertz CT molecular complexity index is 439. The van der Waals surface area contributed by atoms with Crippen LogP contribution in [0.25, 0.3) is 0 Å². The van der Waals surface area contributed by atoms with Crippen molar-refractivity contribution < 1.29 is 38.0 Å². The third-order valence-electron chi connectivity index (χ3n) is 4.22. The van der Waals surface area contributed by atoms with Gasteiger partial charge in [-0.05, 0) is 0 Å². The van der Waals surface area contributed by atoms with Gasteiger partial charge in [0, 0.05) is 0 Å². The van der Waals surface area contributed by atoms with Crippen molar-refractivity contribution in [1.82, 2.24) is 0 Å². The van der Waals surface area contributed by atoms with Gasteiger partial charge in [-0.1, -0.05) is 26.7 Å². The van der Waals surface area contributed by atoms with Crippen LogP contribution in [-0.4, -0.2) is 95.8 Å². The number of esters is 2. The van der Waals surface area contributed by atoms with Crippen molar-refractivity contribution in [3.8, 4) is 0 Å². The fourth-order valence-electron chi connectivity index (χ4n) is 2.26. The van der Waals surface area contributed by atoms with Gasteiger partial charge in [-0.15, -0.1) is 0 Å². The summed E-state index contributed by atoms with van der Waals surface area (Å²) >= 11 is -1.82. The van der Waals surface area contributed by atoms with E-state index in [4.69, 9.17) is 37.7 Å². The Kier molecular flexibility index (Phi) is 25.3. The van der Waals surface area contributed by atoms with Crippen molar-refractivity contribution in [2.75, 3.05) is 66.1 Å². The molecular weight excluding hydrogens is 543 g/mol. The predicted molar refractivity (Wildman–Crippen MR) is 127 cm³/mol. The van der Waals surface area contributed by atoms with E-state index in [1.54, 1.807) is 0 Å². The van der Waals surface area contributed by atoms with Gasteiger partial charge in [0.25, 0.3) is 0 Å². The van der Waals surface area contributed by atoms with Crippen LogP contribution >= 0.6 is 9.29 Å². The Labute approximate surface area is 203 Å². The number of carbonyl (C=O) groups is 2. The first-order valence-electron chi connectivity index (χ1n) is 11.7. The number of hydrogen-bond acceptors (Lipinski definition) is 9. The Balaban J connectivity index is 3.30. The molecule has 0 rings (SSSR count). The van der Waals surface area contributed by atoms with E-state index in [1.165, 1.54) is 0 Å². The molecule has 8 nitrogen and oxygen atoms in total. The predicted octanol–water partition coefficient (Wildman–Crippen LogP) is 3.71. The number of carbonyl (C=O) groups excluding carboxylic acids is 2. The van der Waals surface area contributed by atoms with Crippen LogP contribution in [0.4, 0.5) is 0 Å². The van der Waals surface area contributed by atoms with Gasteiger partial charge < -0.3 is 0 Å². The molecule has 188 valence electrons. The maximum atomic E-state index is 11.4. The molecule has 0 spiro atoms. The van der Waals surface area contributed by atoms with Crippen molar-refractivity contribution in [2.45, 2.75) is 61.2 Å². The van der Waals surface area contributed by atoms with Crippen LogP contribution in [0.5, 0.6) is 0 Å². The SMILES string of the molecule is CCCCOC(=O)CCOCCOC[CH2][Sn](=[S])[CH2]COCCOCCC(=O)OCCCC. The molecule has 0 aromatic carbocycles. The van der Waals surface area contributed by atoms with Crippen LogP contribution in [-0.2, 0) is 38.0 Å². The monoisotopic (exact) mass is 586 g/mol. The summed E-state index contributed by atoms with van der Waals surface area (Å²) in [7, 11) is 5.59. The van der Waals surface area contributed by atoms with E-state index in [0.29, 0.717) is 66.1 Å². The van der Waals surface area contributed by atoms with Crippen LogP contribution in [0.15, 0.2) is 0 Å². The Morgan fingerprint density at radius 3 is 1.34 bits per heavy atom. The van der Waals surface area contributed by atoms with Gasteiger partial charge in [0.1, 0.15) is 0 Å². The molecule has 0 amide bonds. The fourth-order valence-corrected chi connectivity index (χ4v) is 6.21. The van der Waals surface area contributed by atoms with Gasteiger partial charge in [-0.2, -0.15) is 0 Å². The average molecular weight is 585 g/mol. The number of hydrogen-bond donors (Lipinski definition) is 0. The zero-order chi connectivity index (χ0) is 23.7. The van der Waals surface area contributed by atoms with Crippen LogP contribution in [0.3, 0.4) is 0 Å². The molecule has 0 heterocycles. The first-order chi connectivity index (χ1) is 15.6. The minimum Gasteiger partial charge on any atom is -0.0653 e.